The average Bonchev–Trinajstić information content (AvgIpc) is 2.56. The highest BCUT2D eigenvalue weighted by atomic mass is 32.2. The third kappa shape index (κ3) is 4.49. The first-order valence-corrected chi connectivity index (χ1v) is 10.1. The maximum atomic E-state index is 12.8. The van der Waals surface area contributed by atoms with Gasteiger partial charge in [0.25, 0.3) is 0 Å². The van der Waals surface area contributed by atoms with Gasteiger partial charge >= 0.3 is 0 Å². The molecule has 0 aliphatic rings. The first-order valence-electron chi connectivity index (χ1n) is 7.59. The van der Waals surface area contributed by atoms with Crippen LogP contribution in [0.3, 0.4) is 0 Å². The Kier molecular flexibility index (Phi) is 6.08. The molecular weight excluding hydrogens is 324 g/mol. The summed E-state index contributed by atoms with van der Waals surface area (Å²) in [6, 6.07) is 18.6. The number of benzene rings is 2. The fourth-order valence-electron chi connectivity index (χ4n) is 2.31. The second-order valence-electron chi connectivity index (χ2n) is 5.76. The number of hydrogen-bond acceptors (Lipinski definition) is 3. The van der Waals surface area contributed by atoms with Crippen molar-refractivity contribution in [1.29, 1.82) is 0 Å². The Morgan fingerprint density at radius 3 is 2.04 bits per heavy atom. The molecule has 0 aromatic heterocycles. The maximum Gasteiger partial charge on any atom is 0.202 e. The molecule has 0 N–H and O–H groups in total. The van der Waals surface area contributed by atoms with Gasteiger partial charge in [-0.3, -0.25) is 0 Å². The molecule has 2 aromatic rings. The molecule has 0 radical (unpaired) electrons. The fraction of sp³-hybridized carbons (Fsp3) is 0.263. The molecule has 2 nitrogen and oxygen atoms in total. The van der Waals surface area contributed by atoms with Crippen LogP contribution in [0.5, 0.6) is 0 Å². The van der Waals surface area contributed by atoms with Crippen LogP contribution in [-0.4, -0.2) is 14.2 Å². The maximum absolute atomic E-state index is 12.8. The van der Waals surface area contributed by atoms with E-state index >= 15 is 0 Å². The van der Waals surface area contributed by atoms with Crippen molar-refractivity contribution in [3.05, 3.63) is 72.1 Å². The normalized spacial score (nSPS) is 13.0. The van der Waals surface area contributed by atoms with Crippen LogP contribution in [0, 0.1) is 11.8 Å². The third-order valence-corrected chi connectivity index (χ3v) is 6.81. The van der Waals surface area contributed by atoms with Gasteiger partial charge in [0.05, 0.1) is 4.90 Å². The lowest BCUT2D eigenvalue weighted by atomic mass is 9.98. The van der Waals surface area contributed by atoms with Gasteiger partial charge in [-0.2, -0.15) is 0 Å². The summed E-state index contributed by atoms with van der Waals surface area (Å²) in [4.78, 5) is 1.77. The molecule has 0 aliphatic heterocycles. The highest BCUT2D eigenvalue weighted by Gasteiger charge is 2.28. The number of thioether (sulfide) groups is 1. The minimum absolute atomic E-state index is 0.0922. The van der Waals surface area contributed by atoms with Crippen molar-refractivity contribution in [3.63, 3.8) is 0 Å². The standard InChI is InChI=1S/C19H22O2S2/c1-15(2)19(14-22-17-10-6-4-7-11-17)16(3)23(20,21)18-12-8-5-9-13-18/h4-13,15,19H,3,14H2,1-2H3/t19-/m1/s1. The molecule has 0 fully saturated rings. The molecule has 0 saturated carbocycles. The van der Waals surface area contributed by atoms with E-state index < -0.39 is 9.84 Å². The molecule has 0 unspecified atom stereocenters. The Morgan fingerprint density at radius 2 is 1.52 bits per heavy atom. The van der Waals surface area contributed by atoms with Gasteiger partial charge in [0.2, 0.25) is 9.84 Å². The van der Waals surface area contributed by atoms with E-state index in [4.69, 9.17) is 0 Å². The molecule has 0 saturated heterocycles. The van der Waals surface area contributed by atoms with Crippen LogP contribution >= 0.6 is 11.8 Å². The summed E-state index contributed by atoms with van der Waals surface area (Å²) in [6.07, 6.45) is 0. The fourth-order valence-corrected chi connectivity index (χ4v) is 5.30. The topological polar surface area (TPSA) is 34.1 Å². The first-order chi connectivity index (χ1) is 10.9. The highest BCUT2D eigenvalue weighted by Crippen LogP contribution is 2.33. The van der Waals surface area contributed by atoms with Crippen molar-refractivity contribution in [2.75, 3.05) is 5.75 Å². The van der Waals surface area contributed by atoms with Gasteiger partial charge in [-0.1, -0.05) is 56.8 Å². The van der Waals surface area contributed by atoms with Gasteiger partial charge in [0.15, 0.2) is 0 Å². The zero-order valence-electron chi connectivity index (χ0n) is 13.5. The lowest BCUT2D eigenvalue weighted by Gasteiger charge is -2.23. The molecule has 0 amide bonds. The van der Waals surface area contributed by atoms with E-state index in [2.05, 4.69) is 6.58 Å². The Balaban J connectivity index is 2.19. The second-order valence-corrected chi connectivity index (χ2v) is 8.85. The number of rotatable bonds is 7. The van der Waals surface area contributed by atoms with E-state index in [1.54, 1.807) is 36.0 Å². The second kappa shape index (κ2) is 7.84. The van der Waals surface area contributed by atoms with E-state index in [0.29, 0.717) is 15.6 Å². The van der Waals surface area contributed by atoms with Crippen LogP contribution in [0.1, 0.15) is 13.8 Å². The summed E-state index contributed by atoms with van der Waals surface area (Å²) in [5.41, 5.74) is 0. The van der Waals surface area contributed by atoms with Gasteiger partial charge in [-0.05, 0) is 30.2 Å². The van der Waals surface area contributed by atoms with Crippen molar-refractivity contribution in [3.8, 4) is 0 Å². The first kappa shape index (κ1) is 17.8. The summed E-state index contributed by atoms with van der Waals surface area (Å²) in [6.45, 7) is 8.02. The van der Waals surface area contributed by atoms with E-state index in [1.165, 1.54) is 0 Å². The average molecular weight is 347 g/mol. The summed E-state index contributed by atoms with van der Waals surface area (Å²) < 4.78 is 25.6. The minimum Gasteiger partial charge on any atom is -0.219 e. The Morgan fingerprint density at radius 1 is 1.00 bits per heavy atom. The van der Waals surface area contributed by atoms with Gasteiger partial charge in [0, 0.05) is 21.5 Å². The van der Waals surface area contributed by atoms with Crippen LogP contribution in [0.25, 0.3) is 0 Å². The largest absolute Gasteiger partial charge is 0.219 e. The van der Waals surface area contributed by atoms with Crippen LogP contribution in [0.4, 0.5) is 0 Å². The molecular formula is C19H22O2S2. The molecule has 0 bridgehead atoms. The lowest BCUT2D eigenvalue weighted by Crippen LogP contribution is -2.20. The van der Waals surface area contributed by atoms with Crippen LogP contribution in [-0.2, 0) is 9.84 Å². The Bertz CT molecular complexity index is 735. The summed E-state index contributed by atoms with van der Waals surface area (Å²) in [5, 5.41) is 0. The van der Waals surface area contributed by atoms with Crippen molar-refractivity contribution in [2.45, 2.75) is 23.6 Å². The van der Waals surface area contributed by atoms with E-state index in [9.17, 15) is 8.42 Å². The van der Waals surface area contributed by atoms with Crippen LogP contribution in [0.15, 0.2) is 81.9 Å². The molecule has 1 atom stereocenters. The van der Waals surface area contributed by atoms with Gasteiger partial charge in [-0.15, -0.1) is 11.8 Å². The molecule has 0 aliphatic carbocycles. The SMILES string of the molecule is C=C([C@H](CSc1ccccc1)C(C)C)S(=O)(=O)c1ccccc1. The summed E-state index contributed by atoms with van der Waals surface area (Å²) in [5.74, 6) is 0.814. The molecule has 4 heteroatoms. The summed E-state index contributed by atoms with van der Waals surface area (Å²) >= 11 is 1.67. The summed E-state index contributed by atoms with van der Waals surface area (Å²) in [7, 11) is -3.50. The number of sulfone groups is 1. The lowest BCUT2D eigenvalue weighted by molar-refractivity contribution is 0.496. The van der Waals surface area contributed by atoms with E-state index in [0.717, 1.165) is 4.90 Å². The van der Waals surface area contributed by atoms with Crippen molar-refractivity contribution >= 4 is 21.6 Å². The minimum atomic E-state index is -3.50. The van der Waals surface area contributed by atoms with Crippen LogP contribution in [0.2, 0.25) is 0 Å². The monoisotopic (exact) mass is 346 g/mol. The number of allylic oxidation sites excluding steroid dienone is 1. The van der Waals surface area contributed by atoms with Gasteiger partial charge in [-0.25, -0.2) is 8.42 Å². The zero-order chi connectivity index (χ0) is 16.9. The van der Waals surface area contributed by atoms with Gasteiger partial charge in [0.1, 0.15) is 0 Å². The van der Waals surface area contributed by atoms with Crippen molar-refractivity contribution in [1.82, 2.24) is 0 Å². The molecule has 23 heavy (non-hydrogen) atoms. The van der Waals surface area contributed by atoms with Crippen molar-refractivity contribution in [2.24, 2.45) is 11.8 Å². The zero-order valence-corrected chi connectivity index (χ0v) is 15.1. The molecule has 2 aromatic carbocycles. The molecule has 0 spiro atoms. The predicted octanol–water partition coefficient (Wildman–Crippen LogP) is 5.04. The Labute approximate surface area is 143 Å². The van der Waals surface area contributed by atoms with E-state index in [-0.39, 0.29) is 11.8 Å². The molecule has 2 rings (SSSR count). The number of hydrogen-bond donors (Lipinski definition) is 0. The van der Waals surface area contributed by atoms with Crippen molar-refractivity contribution < 1.29 is 8.42 Å². The smallest absolute Gasteiger partial charge is 0.202 e. The molecule has 0 heterocycles. The quantitative estimate of drug-likeness (QED) is 0.659. The third-order valence-electron chi connectivity index (χ3n) is 3.79. The highest BCUT2D eigenvalue weighted by molar-refractivity contribution is 7.99. The van der Waals surface area contributed by atoms with Gasteiger partial charge < -0.3 is 0 Å². The Hall–Kier alpha value is -1.52. The van der Waals surface area contributed by atoms with E-state index in [1.807, 2.05) is 50.2 Å². The van der Waals surface area contributed by atoms with Crippen LogP contribution < -0.4 is 0 Å². The predicted molar refractivity (Wildman–Crippen MR) is 98.3 cm³/mol. The molecule has 122 valence electrons.